The molecular formula is C14H12F2N2OS. The van der Waals surface area contributed by atoms with Crippen LogP contribution in [0.1, 0.15) is 16.1 Å². The van der Waals surface area contributed by atoms with Gasteiger partial charge in [-0.1, -0.05) is 23.9 Å². The Morgan fingerprint density at radius 3 is 2.65 bits per heavy atom. The monoisotopic (exact) mass is 294 g/mol. The second-order valence-electron chi connectivity index (χ2n) is 4.02. The highest BCUT2D eigenvalue weighted by Crippen LogP contribution is 2.31. The van der Waals surface area contributed by atoms with Crippen molar-refractivity contribution in [2.24, 2.45) is 0 Å². The summed E-state index contributed by atoms with van der Waals surface area (Å²) in [5.74, 6) is -2.91. The Morgan fingerprint density at radius 2 is 2.00 bits per heavy atom. The molecule has 6 heteroatoms. The first kappa shape index (κ1) is 14.5. The van der Waals surface area contributed by atoms with Gasteiger partial charge in [0.1, 0.15) is 0 Å². The van der Waals surface area contributed by atoms with Gasteiger partial charge in [0.25, 0.3) is 11.7 Å². The summed E-state index contributed by atoms with van der Waals surface area (Å²) in [7, 11) is 0. The SMILES string of the molecule is Cc1ccc(C(=O)Nc2ccccc2SC(F)F)cn1. The molecule has 0 atom stereocenters. The fourth-order valence-electron chi connectivity index (χ4n) is 1.57. The Kier molecular flexibility index (Phi) is 4.68. The number of aromatic nitrogens is 1. The molecule has 2 rings (SSSR count). The van der Waals surface area contributed by atoms with E-state index in [-0.39, 0.29) is 5.91 Å². The number of halogens is 2. The van der Waals surface area contributed by atoms with Gasteiger partial charge in [-0.2, -0.15) is 8.78 Å². The van der Waals surface area contributed by atoms with Crippen LogP contribution in [0.25, 0.3) is 0 Å². The van der Waals surface area contributed by atoms with Gasteiger partial charge in [0, 0.05) is 16.8 Å². The maximum atomic E-state index is 12.4. The van der Waals surface area contributed by atoms with Crippen LogP contribution in [-0.4, -0.2) is 16.6 Å². The lowest BCUT2D eigenvalue weighted by Crippen LogP contribution is -2.13. The van der Waals surface area contributed by atoms with E-state index in [9.17, 15) is 13.6 Å². The van der Waals surface area contributed by atoms with Crippen molar-refractivity contribution in [2.45, 2.75) is 17.6 Å². The van der Waals surface area contributed by atoms with Crippen LogP contribution in [0.5, 0.6) is 0 Å². The van der Waals surface area contributed by atoms with Gasteiger partial charge in [0.15, 0.2) is 0 Å². The number of rotatable bonds is 4. The fraction of sp³-hybridized carbons (Fsp3) is 0.143. The van der Waals surface area contributed by atoms with E-state index in [0.29, 0.717) is 27.9 Å². The Hall–Kier alpha value is -1.95. The summed E-state index contributed by atoms with van der Waals surface area (Å²) < 4.78 is 24.9. The van der Waals surface area contributed by atoms with Gasteiger partial charge in [0.05, 0.1) is 11.3 Å². The van der Waals surface area contributed by atoms with E-state index in [2.05, 4.69) is 10.3 Å². The van der Waals surface area contributed by atoms with E-state index in [1.807, 2.05) is 6.92 Å². The number of aryl methyl sites for hydroxylation is 1. The first-order valence-corrected chi connectivity index (χ1v) is 6.72. The number of nitrogens with zero attached hydrogens (tertiary/aromatic N) is 1. The van der Waals surface area contributed by atoms with Crippen molar-refractivity contribution in [3.63, 3.8) is 0 Å². The fourth-order valence-corrected chi connectivity index (χ4v) is 2.16. The quantitative estimate of drug-likeness (QED) is 0.868. The minimum atomic E-state index is -2.53. The van der Waals surface area contributed by atoms with Gasteiger partial charge < -0.3 is 5.32 Å². The highest BCUT2D eigenvalue weighted by Gasteiger charge is 2.12. The molecule has 1 aromatic heterocycles. The molecule has 0 unspecified atom stereocenters. The number of carbonyl (C=O) groups is 1. The number of carbonyl (C=O) groups excluding carboxylic acids is 1. The highest BCUT2D eigenvalue weighted by atomic mass is 32.2. The van der Waals surface area contributed by atoms with E-state index in [1.165, 1.54) is 6.20 Å². The van der Waals surface area contributed by atoms with Gasteiger partial charge in [-0.25, -0.2) is 0 Å². The lowest BCUT2D eigenvalue weighted by Gasteiger charge is -2.10. The van der Waals surface area contributed by atoms with Crippen molar-refractivity contribution in [1.82, 2.24) is 4.98 Å². The number of pyridine rings is 1. The maximum absolute atomic E-state index is 12.4. The van der Waals surface area contributed by atoms with Crippen LogP contribution < -0.4 is 5.32 Å². The average Bonchev–Trinajstić information content (AvgIpc) is 2.41. The molecule has 104 valence electrons. The summed E-state index contributed by atoms with van der Waals surface area (Å²) in [6.45, 7) is 1.82. The van der Waals surface area contributed by atoms with E-state index in [4.69, 9.17) is 0 Å². The van der Waals surface area contributed by atoms with Gasteiger partial charge >= 0.3 is 0 Å². The molecule has 0 aliphatic carbocycles. The second kappa shape index (κ2) is 6.47. The average molecular weight is 294 g/mol. The third-order valence-electron chi connectivity index (χ3n) is 2.52. The number of benzene rings is 1. The lowest BCUT2D eigenvalue weighted by atomic mass is 10.2. The Bertz CT molecular complexity index is 602. The van der Waals surface area contributed by atoms with Crippen LogP contribution >= 0.6 is 11.8 Å². The third-order valence-corrected chi connectivity index (χ3v) is 3.31. The molecule has 1 heterocycles. The molecule has 0 aliphatic rings. The lowest BCUT2D eigenvalue weighted by molar-refractivity contribution is 0.102. The smallest absolute Gasteiger partial charge is 0.288 e. The normalized spacial score (nSPS) is 10.6. The zero-order valence-corrected chi connectivity index (χ0v) is 11.5. The molecular weight excluding hydrogens is 282 g/mol. The Morgan fingerprint density at radius 1 is 1.25 bits per heavy atom. The zero-order valence-electron chi connectivity index (χ0n) is 10.6. The largest absolute Gasteiger partial charge is 0.321 e. The molecule has 0 fully saturated rings. The highest BCUT2D eigenvalue weighted by molar-refractivity contribution is 7.99. The van der Waals surface area contributed by atoms with Crippen LogP contribution in [0.4, 0.5) is 14.5 Å². The van der Waals surface area contributed by atoms with Crippen molar-refractivity contribution < 1.29 is 13.6 Å². The van der Waals surface area contributed by atoms with E-state index < -0.39 is 5.76 Å². The molecule has 0 spiro atoms. The van der Waals surface area contributed by atoms with Crippen LogP contribution in [0, 0.1) is 6.92 Å². The van der Waals surface area contributed by atoms with Crippen molar-refractivity contribution in [3.8, 4) is 0 Å². The summed E-state index contributed by atoms with van der Waals surface area (Å²) in [4.78, 5) is 16.4. The number of nitrogens with one attached hydrogen (secondary N) is 1. The number of para-hydroxylation sites is 1. The molecule has 3 nitrogen and oxygen atoms in total. The molecule has 0 radical (unpaired) electrons. The molecule has 1 aromatic carbocycles. The van der Waals surface area contributed by atoms with Crippen molar-refractivity contribution in [1.29, 1.82) is 0 Å². The first-order valence-electron chi connectivity index (χ1n) is 5.84. The molecule has 0 bridgehead atoms. The molecule has 0 saturated carbocycles. The van der Waals surface area contributed by atoms with Crippen molar-refractivity contribution >= 4 is 23.4 Å². The van der Waals surface area contributed by atoms with E-state index in [1.54, 1.807) is 36.4 Å². The van der Waals surface area contributed by atoms with Crippen LogP contribution in [0.15, 0.2) is 47.5 Å². The first-order chi connectivity index (χ1) is 9.56. The van der Waals surface area contributed by atoms with E-state index >= 15 is 0 Å². The minimum absolute atomic E-state index is 0.330. The molecule has 1 amide bonds. The number of alkyl halides is 2. The van der Waals surface area contributed by atoms with Crippen molar-refractivity contribution in [2.75, 3.05) is 5.32 Å². The zero-order chi connectivity index (χ0) is 14.5. The Balaban J connectivity index is 2.17. The van der Waals surface area contributed by atoms with Crippen LogP contribution in [0.3, 0.4) is 0 Å². The molecule has 0 saturated heterocycles. The van der Waals surface area contributed by atoms with Crippen LogP contribution in [0.2, 0.25) is 0 Å². The molecule has 0 aliphatic heterocycles. The molecule has 1 N–H and O–H groups in total. The number of anilines is 1. The summed E-state index contributed by atoms with van der Waals surface area (Å²) in [5, 5.41) is 2.62. The van der Waals surface area contributed by atoms with Gasteiger partial charge in [-0.05, 0) is 31.2 Å². The summed E-state index contributed by atoms with van der Waals surface area (Å²) in [6, 6.07) is 9.81. The summed E-state index contributed by atoms with van der Waals surface area (Å²) >= 11 is 0.401. The van der Waals surface area contributed by atoms with Crippen molar-refractivity contribution in [3.05, 3.63) is 53.9 Å². The van der Waals surface area contributed by atoms with Gasteiger partial charge in [-0.3, -0.25) is 9.78 Å². The summed E-state index contributed by atoms with van der Waals surface area (Å²) in [6.07, 6.45) is 1.45. The number of amides is 1. The Labute approximate surface area is 119 Å². The third kappa shape index (κ3) is 3.77. The standard InChI is InChI=1S/C14H12F2N2OS/c1-9-6-7-10(8-17-9)13(19)18-11-4-2-3-5-12(11)20-14(15)16/h2-8,14H,1H3,(H,18,19). The number of thioether (sulfide) groups is 1. The second-order valence-corrected chi connectivity index (χ2v) is 5.05. The number of hydrogen-bond donors (Lipinski definition) is 1. The molecule has 20 heavy (non-hydrogen) atoms. The predicted octanol–water partition coefficient (Wildman–Crippen LogP) is 3.96. The minimum Gasteiger partial charge on any atom is -0.321 e. The van der Waals surface area contributed by atoms with Crippen LogP contribution in [-0.2, 0) is 0 Å². The predicted molar refractivity (Wildman–Crippen MR) is 75.2 cm³/mol. The van der Waals surface area contributed by atoms with Gasteiger partial charge in [-0.15, -0.1) is 0 Å². The maximum Gasteiger partial charge on any atom is 0.288 e. The van der Waals surface area contributed by atoms with E-state index in [0.717, 1.165) is 5.69 Å². The summed E-state index contributed by atoms with van der Waals surface area (Å²) in [5.41, 5.74) is 1.55. The number of hydrogen-bond acceptors (Lipinski definition) is 3. The van der Waals surface area contributed by atoms with Gasteiger partial charge in [0.2, 0.25) is 0 Å². The molecule has 2 aromatic rings. The topological polar surface area (TPSA) is 42.0 Å².